The van der Waals surface area contributed by atoms with Crippen LogP contribution >= 0.6 is 0 Å². The minimum atomic E-state index is 0.146. The number of anilines is 1. The third-order valence-electron chi connectivity index (χ3n) is 2.01. The minimum absolute atomic E-state index is 0.146. The van der Waals surface area contributed by atoms with E-state index >= 15 is 0 Å². The second-order valence-electron chi connectivity index (χ2n) is 3.50. The van der Waals surface area contributed by atoms with E-state index in [2.05, 4.69) is 6.58 Å². The van der Waals surface area contributed by atoms with Gasteiger partial charge in [0.05, 0.1) is 0 Å². The lowest BCUT2D eigenvalue weighted by Gasteiger charge is -2.01. The molecule has 74 valence electrons. The summed E-state index contributed by atoms with van der Waals surface area (Å²) < 4.78 is 0. The molecule has 2 heteroatoms. The van der Waals surface area contributed by atoms with E-state index in [1.165, 1.54) is 0 Å². The largest absolute Gasteiger partial charge is 0.399 e. The highest BCUT2D eigenvalue weighted by Crippen LogP contribution is 2.10. The molecule has 0 radical (unpaired) electrons. The van der Waals surface area contributed by atoms with E-state index < -0.39 is 0 Å². The van der Waals surface area contributed by atoms with E-state index in [1.54, 1.807) is 24.3 Å². The van der Waals surface area contributed by atoms with E-state index in [0.29, 0.717) is 12.1 Å². The Hall–Kier alpha value is -1.57. The van der Waals surface area contributed by atoms with Crippen molar-refractivity contribution in [1.82, 2.24) is 0 Å². The SMILES string of the molecule is C=C(C)CCC(=O)c1ccc(N)cc1. The van der Waals surface area contributed by atoms with Crippen molar-refractivity contribution < 1.29 is 4.79 Å². The van der Waals surface area contributed by atoms with E-state index in [9.17, 15) is 4.79 Å². The van der Waals surface area contributed by atoms with E-state index in [1.807, 2.05) is 6.92 Å². The van der Waals surface area contributed by atoms with Crippen molar-refractivity contribution >= 4 is 11.5 Å². The van der Waals surface area contributed by atoms with Crippen molar-refractivity contribution in [3.05, 3.63) is 42.0 Å². The number of nitrogen functional groups attached to an aromatic ring is 1. The Morgan fingerprint density at radius 1 is 1.29 bits per heavy atom. The highest BCUT2D eigenvalue weighted by Gasteiger charge is 2.04. The van der Waals surface area contributed by atoms with Crippen molar-refractivity contribution in [2.24, 2.45) is 0 Å². The summed E-state index contributed by atoms with van der Waals surface area (Å²) in [6.45, 7) is 5.69. The van der Waals surface area contributed by atoms with Crippen molar-refractivity contribution in [3.63, 3.8) is 0 Å². The number of nitrogens with two attached hydrogens (primary N) is 1. The monoisotopic (exact) mass is 189 g/mol. The molecule has 0 unspecified atom stereocenters. The Kier molecular flexibility index (Phi) is 3.46. The maximum absolute atomic E-state index is 11.6. The van der Waals surface area contributed by atoms with E-state index in [4.69, 9.17) is 5.73 Å². The molecule has 0 heterocycles. The zero-order valence-electron chi connectivity index (χ0n) is 8.42. The van der Waals surface area contributed by atoms with Crippen LogP contribution in [0.5, 0.6) is 0 Å². The van der Waals surface area contributed by atoms with Gasteiger partial charge in [-0.1, -0.05) is 5.57 Å². The van der Waals surface area contributed by atoms with Crippen molar-refractivity contribution in [1.29, 1.82) is 0 Å². The average molecular weight is 189 g/mol. The van der Waals surface area contributed by atoms with Gasteiger partial charge < -0.3 is 5.73 Å². The molecular formula is C12H15NO. The summed E-state index contributed by atoms with van der Waals surface area (Å²) in [5, 5.41) is 0. The van der Waals surface area contributed by atoms with Gasteiger partial charge in [0.15, 0.2) is 5.78 Å². The van der Waals surface area contributed by atoms with Crippen LogP contribution in [0, 0.1) is 0 Å². The van der Waals surface area contributed by atoms with Gasteiger partial charge in [0.1, 0.15) is 0 Å². The van der Waals surface area contributed by atoms with Gasteiger partial charge in [0, 0.05) is 17.7 Å². The molecule has 0 aromatic heterocycles. The second kappa shape index (κ2) is 4.61. The average Bonchev–Trinajstić information content (AvgIpc) is 2.15. The minimum Gasteiger partial charge on any atom is -0.399 e. The predicted molar refractivity (Wildman–Crippen MR) is 59.2 cm³/mol. The third-order valence-corrected chi connectivity index (χ3v) is 2.01. The number of hydrogen-bond donors (Lipinski definition) is 1. The normalized spacial score (nSPS) is 9.79. The molecule has 0 saturated heterocycles. The van der Waals surface area contributed by atoms with Crippen LogP contribution in [0.2, 0.25) is 0 Å². The van der Waals surface area contributed by atoms with E-state index in [-0.39, 0.29) is 5.78 Å². The lowest BCUT2D eigenvalue weighted by atomic mass is 10.0. The van der Waals surface area contributed by atoms with Crippen molar-refractivity contribution in [3.8, 4) is 0 Å². The number of rotatable bonds is 4. The number of benzene rings is 1. The zero-order chi connectivity index (χ0) is 10.6. The molecule has 1 aromatic carbocycles. The van der Waals surface area contributed by atoms with Crippen LogP contribution in [0.15, 0.2) is 36.4 Å². The molecule has 0 fully saturated rings. The molecule has 0 aliphatic heterocycles. The van der Waals surface area contributed by atoms with Crippen LogP contribution < -0.4 is 5.73 Å². The van der Waals surface area contributed by atoms with Gasteiger partial charge in [-0.25, -0.2) is 0 Å². The topological polar surface area (TPSA) is 43.1 Å². The van der Waals surface area contributed by atoms with Crippen LogP contribution in [0.4, 0.5) is 5.69 Å². The summed E-state index contributed by atoms with van der Waals surface area (Å²) in [5.41, 5.74) is 7.96. The molecule has 0 aliphatic carbocycles. The number of allylic oxidation sites excluding steroid dienone is 1. The molecule has 1 rings (SSSR count). The summed E-state index contributed by atoms with van der Waals surface area (Å²) in [5.74, 6) is 0.146. The van der Waals surface area contributed by atoms with Gasteiger partial charge in [0.25, 0.3) is 0 Å². The van der Waals surface area contributed by atoms with E-state index in [0.717, 1.165) is 17.6 Å². The first-order valence-electron chi connectivity index (χ1n) is 4.62. The smallest absolute Gasteiger partial charge is 0.163 e. The molecule has 2 N–H and O–H groups in total. The molecule has 0 amide bonds. The first-order chi connectivity index (χ1) is 6.59. The maximum atomic E-state index is 11.6. The highest BCUT2D eigenvalue weighted by atomic mass is 16.1. The van der Waals surface area contributed by atoms with Gasteiger partial charge in [-0.3, -0.25) is 4.79 Å². The van der Waals surface area contributed by atoms with Crippen LogP contribution in [-0.2, 0) is 0 Å². The van der Waals surface area contributed by atoms with Crippen molar-refractivity contribution in [2.75, 3.05) is 5.73 Å². The summed E-state index contributed by atoms with van der Waals surface area (Å²) in [6, 6.07) is 7.01. The molecule has 2 nitrogen and oxygen atoms in total. The molecule has 0 saturated carbocycles. The number of carbonyl (C=O) groups is 1. The van der Waals surface area contributed by atoms with Crippen LogP contribution in [0.3, 0.4) is 0 Å². The number of ketones is 1. The second-order valence-corrected chi connectivity index (χ2v) is 3.50. The first kappa shape index (κ1) is 10.5. The Balaban J connectivity index is 2.61. The predicted octanol–water partition coefficient (Wildman–Crippen LogP) is 2.81. The molecule has 14 heavy (non-hydrogen) atoms. The molecule has 0 aliphatic rings. The Morgan fingerprint density at radius 3 is 2.36 bits per heavy atom. The van der Waals surface area contributed by atoms with Crippen LogP contribution in [0.1, 0.15) is 30.1 Å². The zero-order valence-corrected chi connectivity index (χ0v) is 8.42. The Labute approximate surface area is 84.4 Å². The van der Waals surface area contributed by atoms with Crippen LogP contribution in [-0.4, -0.2) is 5.78 Å². The number of Topliss-reactive ketones (excluding diaryl/α,β-unsaturated/α-hetero) is 1. The quantitative estimate of drug-likeness (QED) is 0.449. The molecule has 0 spiro atoms. The van der Waals surface area contributed by atoms with Gasteiger partial charge in [-0.05, 0) is 37.6 Å². The lowest BCUT2D eigenvalue weighted by Crippen LogP contribution is -1.99. The van der Waals surface area contributed by atoms with Crippen molar-refractivity contribution in [2.45, 2.75) is 19.8 Å². The first-order valence-corrected chi connectivity index (χ1v) is 4.62. The summed E-state index contributed by atoms with van der Waals surface area (Å²) in [4.78, 5) is 11.6. The van der Waals surface area contributed by atoms with Gasteiger partial charge in [-0.2, -0.15) is 0 Å². The molecule has 1 aromatic rings. The summed E-state index contributed by atoms with van der Waals surface area (Å²) >= 11 is 0. The fraction of sp³-hybridized carbons (Fsp3) is 0.250. The third kappa shape index (κ3) is 3.05. The molecular weight excluding hydrogens is 174 g/mol. The Morgan fingerprint density at radius 2 is 1.86 bits per heavy atom. The Bertz CT molecular complexity index is 338. The maximum Gasteiger partial charge on any atom is 0.163 e. The van der Waals surface area contributed by atoms with Gasteiger partial charge in [0.2, 0.25) is 0 Å². The lowest BCUT2D eigenvalue weighted by molar-refractivity contribution is 0.0983. The summed E-state index contributed by atoms with van der Waals surface area (Å²) in [6.07, 6.45) is 1.28. The molecule has 0 bridgehead atoms. The fourth-order valence-electron chi connectivity index (χ4n) is 1.14. The summed E-state index contributed by atoms with van der Waals surface area (Å²) in [7, 11) is 0. The fourth-order valence-corrected chi connectivity index (χ4v) is 1.14. The molecule has 0 atom stereocenters. The van der Waals surface area contributed by atoms with Gasteiger partial charge >= 0.3 is 0 Å². The number of hydrogen-bond acceptors (Lipinski definition) is 2. The highest BCUT2D eigenvalue weighted by molar-refractivity contribution is 5.96. The number of carbonyl (C=O) groups excluding carboxylic acids is 1. The standard InChI is InChI=1S/C12H15NO/c1-9(2)3-8-12(14)10-4-6-11(13)7-5-10/h4-7H,1,3,8,13H2,2H3. The van der Waals surface area contributed by atoms with Gasteiger partial charge in [-0.15, -0.1) is 6.58 Å². The van der Waals surface area contributed by atoms with Crippen LogP contribution in [0.25, 0.3) is 0 Å².